The van der Waals surface area contributed by atoms with Crippen LogP contribution in [0.3, 0.4) is 0 Å². The summed E-state index contributed by atoms with van der Waals surface area (Å²) in [5.41, 5.74) is -0.732. The highest BCUT2D eigenvalue weighted by Crippen LogP contribution is 2.16. The highest BCUT2D eigenvalue weighted by atomic mass is 35.5. The normalized spacial score (nSPS) is 10.6. The summed E-state index contributed by atoms with van der Waals surface area (Å²) < 4.78 is 4.34. The smallest absolute Gasteiger partial charge is 0.325 e. The van der Waals surface area contributed by atoms with Gasteiger partial charge in [0.2, 0.25) is 11.8 Å². The first-order chi connectivity index (χ1) is 7.83. The van der Waals surface area contributed by atoms with Gasteiger partial charge >= 0.3 is 5.97 Å². The highest BCUT2D eigenvalue weighted by molar-refractivity contribution is 6.19. The Labute approximate surface area is 105 Å². The number of hydrogen-bond acceptors (Lipinski definition) is 4. The van der Waals surface area contributed by atoms with Crippen LogP contribution in [0.4, 0.5) is 0 Å². The van der Waals surface area contributed by atoms with E-state index < -0.39 is 17.3 Å². The number of alkyl halides is 1. The van der Waals surface area contributed by atoms with Gasteiger partial charge in [-0.3, -0.25) is 14.4 Å². The van der Waals surface area contributed by atoms with Crippen molar-refractivity contribution in [3.8, 4) is 0 Å². The molecule has 0 aliphatic rings. The van der Waals surface area contributed by atoms with Crippen molar-refractivity contribution in [1.29, 1.82) is 0 Å². The Bertz CT molecular complexity index is 305. The first-order valence-electron chi connectivity index (χ1n) is 5.01. The van der Waals surface area contributed by atoms with Crippen molar-refractivity contribution in [2.45, 2.75) is 13.8 Å². The summed E-state index contributed by atoms with van der Waals surface area (Å²) in [5, 5.41) is 4.72. The van der Waals surface area contributed by atoms with Gasteiger partial charge in [0.25, 0.3) is 0 Å². The van der Waals surface area contributed by atoms with Gasteiger partial charge in [-0.1, -0.05) is 0 Å². The first kappa shape index (κ1) is 15.7. The van der Waals surface area contributed by atoms with Crippen molar-refractivity contribution >= 4 is 29.4 Å². The number of halogens is 1. The summed E-state index contributed by atoms with van der Waals surface area (Å²) in [4.78, 5) is 33.5. The molecule has 0 saturated carbocycles. The average Bonchev–Trinajstić information content (AvgIpc) is 2.32. The number of methoxy groups -OCH3 is 1. The van der Waals surface area contributed by atoms with Gasteiger partial charge in [0.05, 0.1) is 19.1 Å². The fourth-order valence-electron chi connectivity index (χ4n) is 0.766. The maximum absolute atomic E-state index is 11.5. The molecule has 2 amide bonds. The van der Waals surface area contributed by atoms with E-state index >= 15 is 0 Å². The molecule has 0 radical (unpaired) electrons. The lowest BCUT2D eigenvalue weighted by molar-refractivity contribution is -0.141. The molecule has 0 aromatic heterocycles. The lowest BCUT2D eigenvalue weighted by Gasteiger charge is -2.19. The van der Waals surface area contributed by atoms with Gasteiger partial charge in [-0.05, 0) is 13.8 Å². The third kappa shape index (κ3) is 6.11. The van der Waals surface area contributed by atoms with E-state index in [1.54, 1.807) is 13.8 Å². The van der Waals surface area contributed by atoms with E-state index in [1.807, 2.05) is 0 Å². The quantitative estimate of drug-likeness (QED) is 0.508. The van der Waals surface area contributed by atoms with Crippen molar-refractivity contribution in [2.75, 3.05) is 26.1 Å². The van der Waals surface area contributed by atoms with Crippen molar-refractivity contribution < 1.29 is 19.1 Å². The average molecular weight is 265 g/mol. The third-order valence-electron chi connectivity index (χ3n) is 2.02. The number of hydrogen-bond donors (Lipinski definition) is 2. The van der Waals surface area contributed by atoms with Crippen LogP contribution in [0.5, 0.6) is 0 Å². The summed E-state index contributed by atoms with van der Waals surface area (Å²) in [6.07, 6.45) is 0. The number of amides is 2. The number of carbonyl (C=O) groups is 3. The van der Waals surface area contributed by atoms with E-state index in [1.165, 1.54) is 7.11 Å². The van der Waals surface area contributed by atoms with E-state index in [0.717, 1.165) is 0 Å². The van der Waals surface area contributed by atoms with Gasteiger partial charge in [0, 0.05) is 5.88 Å². The van der Waals surface area contributed by atoms with Gasteiger partial charge in [-0.25, -0.2) is 0 Å². The van der Waals surface area contributed by atoms with Crippen molar-refractivity contribution in [1.82, 2.24) is 10.6 Å². The fraction of sp³-hybridized carbons (Fsp3) is 0.700. The van der Waals surface area contributed by atoms with E-state index in [2.05, 4.69) is 15.4 Å². The Kier molecular flexibility index (Phi) is 6.57. The highest BCUT2D eigenvalue weighted by Gasteiger charge is 2.26. The van der Waals surface area contributed by atoms with Crippen LogP contribution in [-0.4, -0.2) is 43.9 Å². The van der Waals surface area contributed by atoms with Gasteiger partial charge in [0.15, 0.2) is 0 Å². The molecule has 0 heterocycles. The zero-order chi connectivity index (χ0) is 13.5. The molecule has 0 saturated heterocycles. The van der Waals surface area contributed by atoms with E-state index in [0.29, 0.717) is 0 Å². The Morgan fingerprint density at radius 1 is 1.18 bits per heavy atom. The second-order valence-corrected chi connectivity index (χ2v) is 4.32. The van der Waals surface area contributed by atoms with Crippen molar-refractivity contribution in [3.05, 3.63) is 0 Å². The second-order valence-electron chi connectivity index (χ2n) is 4.05. The molecule has 0 unspecified atom stereocenters. The van der Waals surface area contributed by atoms with Crippen molar-refractivity contribution in [3.63, 3.8) is 0 Å². The molecular formula is C10H17ClN2O4. The molecular weight excluding hydrogens is 248 g/mol. The minimum Gasteiger partial charge on any atom is -0.468 e. The Morgan fingerprint density at radius 3 is 2.24 bits per heavy atom. The SMILES string of the molecule is COC(=O)CNC(=O)CNC(=O)C(C)(C)CCl. The molecule has 0 aromatic rings. The maximum Gasteiger partial charge on any atom is 0.325 e. The monoisotopic (exact) mass is 264 g/mol. The van der Waals surface area contributed by atoms with Gasteiger partial charge in [-0.2, -0.15) is 0 Å². The number of esters is 1. The zero-order valence-corrected chi connectivity index (χ0v) is 10.9. The van der Waals surface area contributed by atoms with Crippen LogP contribution in [0.2, 0.25) is 0 Å². The Hall–Kier alpha value is -1.30. The number of rotatable bonds is 6. The molecule has 0 fully saturated rings. The van der Waals surface area contributed by atoms with Crippen LogP contribution in [0.1, 0.15) is 13.8 Å². The van der Waals surface area contributed by atoms with Gasteiger partial charge in [-0.15, -0.1) is 11.6 Å². The predicted molar refractivity (Wildman–Crippen MR) is 62.5 cm³/mol. The summed E-state index contributed by atoms with van der Waals surface area (Å²) in [5.74, 6) is -1.18. The molecule has 6 nitrogen and oxygen atoms in total. The van der Waals surface area contributed by atoms with E-state index in [9.17, 15) is 14.4 Å². The molecule has 0 spiro atoms. The Balaban J connectivity index is 3.93. The van der Waals surface area contributed by atoms with E-state index in [-0.39, 0.29) is 24.9 Å². The van der Waals surface area contributed by atoms with Crippen LogP contribution in [0.15, 0.2) is 0 Å². The molecule has 0 aliphatic carbocycles. The Morgan fingerprint density at radius 2 is 1.76 bits per heavy atom. The van der Waals surface area contributed by atoms with E-state index in [4.69, 9.17) is 11.6 Å². The maximum atomic E-state index is 11.5. The van der Waals surface area contributed by atoms with Crippen LogP contribution in [0, 0.1) is 5.41 Å². The van der Waals surface area contributed by atoms with Crippen LogP contribution >= 0.6 is 11.6 Å². The number of nitrogens with one attached hydrogen (secondary N) is 2. The minimum absolute atomic E-state index is 0.155. The molecule has 7 heteroatoms. The molecule has 0 bridgehead atoms. The van der Waals surface area contributed by atoms with Crippen LogP contribution in [-0.2, 0) is 19.1 Å². The standard InChI is InChI=1S/C10H17ClN2O4/c1-10(2,6-11)9(16)13-4-7(14)12-5-8(15)17-3/h4-6H2,1-3H3,(H,12,14)(H,13,16). The first-order valence-corrected chi connectivity index (χ1v) is 5.54. The third-order valence-corrected chi connectivity index (χ3v) is 2.68. The minimum atomic E-state index is -0.732. The lowest BCUT2D eigenvalue weighted by Crippen LogP contribution is -2.44. The van der Waals surface area contributed by atoms with Crippen LogP contribution in [0.25, 0.3) is 0 Å². The molecule has 0 atom stereocenters. The molecule has 0 aromatic carbocycles. The summed E-state index contributed by atoms with van der Waals surface area (Å²) in [7, 11) is 1.22. The molecule has 2 N–H and O–H groups in total. The zero-order valence-electron chi connectivity index (χ0n) is 10.1. The van der Waals surface area contributed by atoms with Gasteiger partial charge < -0.3 is 15.4 Å². The predicted octanol–water partition coefficient (Wildman–Crippen LogP) is -0.343. The topological polar surface area (TPSA) is 84.5 Å². The summed E-state index contributed by atoms with van der Waals surface area (Å²) in [6, 6.07) is 0. The van der Waals surface area contributed by atoms with Gasteiger partial charge in [0.1, 0.15) is 6.54 Å². The number of carbonyl (C=O) groups excluding carboxylic acids is 3. The molecule has 17 heavy (non-hydrogen) atoms. The van der Waals surface area contributed by atoms with Crippen LogP contribution < -0.4 is 10.6 Å². The molecule has 0 rings (SSSR count). The summed E-state index contributed by atoms with van der Waals surface area (Å²) >= 11 is 5.60. The fourth-order valence-corrected chi connectivity index (χ4v) is 0.887. The number of ether oxygens (including phenoxy) is 1. The molecule has 0 aliphatic heterocycles. The second kappa shape index (κ2) is 7.11. The molecule has 98 valence electrons. The summed E-state index contributed by atoms with van der Waals surface area (Å²) in [6.45, 7) is 2.92. The largest absolute Gasteiger partial charge is 0.468 e. The lowest BCUT2D eigenvalue weighted by atomic mass is 9.95. The van der Waals surface area contributed by atoms with Crippen molar-refractivity contribution in [2.24, 2.45) is 5.41 Å².